The summed E-state index contributed by atoms with van der Waals surface area (Å²) in [4.78, 5) is 17.8. The molecule has 0 saturated carbocycles. The van der Waals surface area contributed by atoms with Crippen molar-refractivity contribution in [3.63, 3.8) is 0 Å². The van der Waals surface area contributed by atoms with Crippen LogP contribution in [0.1, 0.15) is 59.3 Å². The van der Waals surface area contributed by atoms with Crippen molar-refractivity contribution >= 4 is 17.3 Å². The molecule has 2 fully saturated rings. The average molecular weight is 516 g/mol. The minimum absolute atomic E-state index is 0.0157. The Morgan fingerprint density at radius 3 is 2.46 bits per heavy atom. The fourth-order valence-corrected chi connectivity index (χ4v) is 4.85. The summed E-state index contributed by atoms with van der Waals surface area (Å²) in [6.45, 7) is 5.57. The lowest BCUT2D eigenvalue weighted by atomic mass is 10.00. The van der Waals surface area contributed by atoms with Crippen LogP contribution in [0.25, 0.3) is 0 Å². The number of carbonyl (C=O) groups is 1. The predicted molar refractivity (Wildman–Crippen MR) is 136 cm³/mol. The molecule has 0 aromatic heterocycles. The zero-order chi connectivity index (χ0) is 26.5. The molecule has 1 amide bonds. The Morgan fingerprint density at radius 1 is 1.14 bits per heavy atom. The Morgan fingerprint density at radius 2 is 1.81 bits per heavy atom. The smallest absolute Gasteiger partial charge is 0.266 e. The van der Waals surface area contributed by atoms with Crippen molar-refractivity contribution in [2.45, 2.75) is 38.3 Å². The van der Waals surface area contributed by atoms with Gasteiger partial charge < -0.3 is 25.2 Å². The van der Waals surface area contributed by atoms with Crippen LogP contribution in [-0.2, 0) is 4.74 Å². The van der Waals surface area contributed by atoms with Crippen LogP contribution in [0.2, 0.25) is 0 Å². The normalized spacial score (nSPS) is 17.9. The van der Waals surface area contributed by atoms with Crippen LogP contribution >= 0.6 is 0 Å². The highest BCUT2D eigenvalue weighted by Crippen LogP contribution is 2.32. The van der Waals surface area contributed by atoms with Crippen LogP contribution in [0.5, 0.6) is 0 Å². The first-order chi connectivity index (χ1) is 17.8. The van der Waals surface area contributed by atoms with Gasteiger partial charge in [0, 0.05) is 30.4 Å². The number of nitrogens with one attached hydrogen (secondary N) is 2. The lowest BCUT2D eigenvalue weighted by Gasteiger charge is -2.32. The third kappa shape index (κ3) is 6.17. The molecule has 4 rings (SSSR count). The predicted octanol–water partition coefficient (Wildman–Crippen LogP) is 4.47. The van der Waals surface area contributed by atoms with E-state index in [-0.39, 0.29) is 11.6 Å². The Kier molecular flexibility index (Phi) is 8.56. The lowest BCUT2D eigenvalue weighted by molar-refractivity contribution is 0.0940. The summed E-state index contributed by atoms with van der Waals surface area (Å²) < 4.78 is 46.6. The van der Waals surface area contributed by atoms with Crippen LogP contribution in [-0.4, -0.2) is 63.3 Å². The van der Waals surface area contributed by atoms with Gasteiger partial charge in [-0.3, -0.25) is 4.79 Å². The molecule has 37 heavy (non-hydrogen) atoms. The number of likely N-dealkylation sites (tertiary alicyclic amines) is 1. The number of nitrogens with zero attached hydrogens (tertiary/aromatic N) is 3. The van der Waals surface area contributed by atoms with E-state index < -0.39 is 29.8 Å². The summed E-state index contributed by atoms with van der Waals surface area (Å²) in [5.41, 5.74) is 1.20. The number of morpholine rings is 1. The van der Waals surface area contributed by atoms with Gasteiger partial charge in [-0.15, -0.1) is 0 Å². The molecule has 2 saturated heterocycles. The molecule has 0 unspecified atom stereocenters. The van der Waals surface area contributed by atoms with Crippen molar-refractivity contribution in [3.8, 4) is 6.07 Å². The molecule has 2 aliphatic heterocycles. The van der Waals surface area contributed by atoms with Crippen molar-refractivity contribution in [3.05, 3.63) is 58.4 Å². The fraction of sp³-hybridized carbons (Fsp3) is 0.481. The van der Waals surface area contributed by atoms with Crippen molar-refractivity contribution in [1.82, 2.24) is 10.2 Å². The molecule has 2 heterocycles. The van der Waals surface area contributed by atoms with Gasteiger partial charge in [0.2, 0.25) is 0 Å². The van der Waals surface area contributed by atoms with E-state index in [1.165, 1.54) is 12.1 Å². The maximum atomic E-state index is 14.8. The number of amides is 1. The first-order valence-corrected chi connectivity index (χ1v) is 12.5. The number of ether oxygens (including phenoxy) is 1. The minimum atomic E-state index is -2.96. The molecular weight excluding hydrogens is 483 g/mol. The molecule has 1 atom stereocenters. The van der Waals surface area contributed by atoms with Gasteiger partial charge in [0.15, 0.2) is 0 Å². The van der Waals surface area contributed by atoms with Crippen LogP contribution in [0, 0.1) is 17.1 Å². The second kappa shape index (κ2) is 11.8. The van der Waals surface area contributed by atoms with Gasteiger partial charge in [0.25, 0.3) is 12.3 Å². The van der Waals surface area contributed by atoms with Gasteiger partial charge in [0.1, 0.15) is 11.9 Å². The highest BCUT2D eigenvalue weighted by Gasteiger charge is 2.26. The monoisotopic (exact) mass is 515 g/mol. The van der Waals surface area contributed by atoms with Crippen LogP contribution in [0.4, 0.5) is 24.5 Å². The zero-order valence-electron chi connectivity index (χ0n) is 21.1. The maximum Gasteiger partial charge on any atom is 0.266 e. The third-order valence-corrected chi connectivity index (χ3v) is 7.04. The van der Waals surface area contributed by atoms with E-state index in [1.54, 1.807) is 19.1 Å². The van der Waals surface area contributed by atoms with Crippen LogP contribution in [0.15, 0.2) is 30.3 Å². The number of benzene rings is 2. The number of hydrogen-bond donors (Lipinski definition) is 2. The van der Waals surface area contributed by atoms with E-state index in [1.807, 2.05) is 4.90 Å². The number of hydrogen-bond acceptors (Lipinski definition) is 6. The average Bonchev–Trinajstić information content (AvgIpc) is 2.90. The van der Waals surface area contributed by atoms with Crippen molar-refractivity contribution in [1.29, 1.82) is 5.26 Å². The molecule has 2 aromatic carbocycles. The van der Waals surface area contributed by atoms with E-state index >= 15 is 0 Å². The Bertz CT molecular complexity index is 1160. The molecule has 2 N–H and O–H groups in total. The summed E-state index contributed by atoms with van der Waals surface area (Å²) in [6.07, 6.45) is -1.19. The standard InChI is InChI=1S/C27H32F3N5O2/c1-17(20-4-3-5-21(25(20)28)26(29)30)32-27(36)22-15-24(35-10-12-37-13-11-35)18(16-31)14-23(22)33-19-6-8-34(2)9-7-19/h3-5,14-15,17,19,26,33H,6-13H2,1-2H3,(H,32,36)/t17-/m1/s1. The molecule has 2 aliphatic rings. The number of anilines is 2. The van der Waals surface area contributed by atoms with Crippen molar-refractivity contribution in [2.24, 2.45) is 0 Å². The lowest BCUT2D eigenvalue weighted by Crippen LogP contribution is -2.38. The fourth-order valence-electron chi connectivity index (χ4n) is 4.85. The molecule has 198 valence electrons. The molecule has 0 radical (unpaired) electrons. The van der Waals surface area contributed by atoms with E-state index in [2.05, 4.69) is 28.7 Å². The van der Waals surface area contributed by atoms with Gasteiger partial charge in [-0.1, -0.05) is 18.2 Å². The van der Waals surface area contributed by atoms with Gasteiger partial charge in [-0.2, -0.15) is 5.26 Å². The highest BCUT2D eigenvalue weighted by molar-refractivity contribution is 6.01. The van der Waals surface area contributed by atoms with Gasteiger partial charge in [-0.25, -0.2) is 13.2 Å². The second-order valence-corrected chi connectivity index (χ2v) is 9.59. The first kappa shape index (κ1) is 26.8. The number of piperidine rings is 1. The van der Waals surface area contributed by atoms with Crippen LogP contribution in [0.3, 0.4) is 0 Å². The third-order valence-electron chi connectivity index (χ3n) is 7.04. The highest BCUT2D eigenvalue weighted by atomic mass is 19.3. The molecule has 10 heteroatoms. The van der Waals surface area contributed by atoms with Crippen LogP contribution < -0.4 is 15.5 Å². The molecule has 0 aliphatic carbocycles. The molecule has 0 bridgehead atoms. The van der Waals surface area contributed by atoms with Gasteiger partial charge in [0.05, 0.1) is 41.6 Å². The molecule has 0 spiro atoms. The number of carbonyl (C=O) groups excluding carboxylic acids is 1. The Labute approximate surface area is 215 Å². The van der Waals surface area contributed by atoms with E-state index in [0.717, 1.165) is 32.0 Å². The number of alkyl halides is 2. The zero-order valence-corrected chi connectivity index (χ0v) is 21.1. The van der Waals surface area contributed by atoms with Gasteiger partial charge in [-0.05, 0) is 52.0 Å². The van der Waals surface area contributed by atoms with E-state index in [9.17, 15) is 23.2 Å². The quantitative estimate of drug-likeness (QED) is 0.567. The Hall–Kier alpha value is -3.29. The molecular formula is C27H32F3N5O2. The summed E-state index contributed by atoms with van der Waals surface area (Å²) in [5, 5.41) is 16.1. The molecule has 7 nitrogen and oxygen atoms in total. The largest absolute Gasteiger partial charge is 0.382 e. The number of nitriles is 1. The van der Waals surface area contributed by atoms with Crippen molar-refractivity contribution in [2.75, 3.05) is 56.7 Å². The van der Waals surface area contributed by atoms with E-state index in [4.69, 9.17) is 4.74 Å². The minimum Gasteiger partial charge on any atom is -0.382 e. The number of halogens is 3. The first-order valence-electron chi connectivity index (χ1n) is 12.5. The Balaban J connectivity index is 1.66. The number of rotatable bonds is 7. The van der Waals surface area contributed by atoms with Crippen molar-refractivity contribution < 1.29 is 22.7 Å². The molecule has 2 aromatic rings. The topological polar surface area (TPSA) is 80.6 Å². The second-order valence-electron chi connectivity index (χ2n) is 9.59. The SMILES string of the molecule is C[C@@H](NC(=O)c1cc(N2CCOCC2)c(C#N)cc1NC1CCN(C)CC1)c1cccc(C(F)F)c1F. The van der Waals surface area contributed by atoms with Gasteiger partial charge >= 0.3 is 0 Å². The summed E-state index contributed by atoms with van der Waals surface area (Å²) in [5.74, 6) is -1.51. The summed E-state index contributed by atoms with van der Waals surface area (Å²) in [7, 11) is 2.06. The summed E-state index contributed by atoms with van der Waals surface area (Å²) >= 11 is 0. The maximum absolute atomic E-state index is 14.8. The van der Waals surface area contributed by atoms with E-state index in [0.29, 0.717) is 48.8 Å². The summed E-state index contributed by atoms with van der Waals surface area (Å²) in [6, 6.07) is 8.69.